The van der Waals surface area contributed by atoms with Gasteiger partial charge < -0.3 is 10.1 Å². The van der Waals surface area contributed by atoms with Crippen LogP contribution in [0.5, 0.6) is 5.75 Å². The van der Waals surface area contributed by atoms with Crippen LogP contribution in [0.3, 0.4) is 0 Å². The van der Waals surface area contributed by atoms with E-state index in [2.05, 4.69) is 39.4 Å². The minimum atomic E-state index is 0.103. The molecule has 0 fully saturated rings. The van der Waals surface area contributed by atoms with Crippen molar-refractivity contribution < 1.29 is 4.74 Å². The van der Waals surface area contributed by atoms with Gasteiger partial charge in [-0.15, -0.1) is 0 Å². The third-order valence-corrected chi connectivity index (χ3v) is 4.51. The maximum absolute atomic E-state index is 6.12. The first kappa shape index (κ1) is 16.3. The van der Waals surface area contributed by atoms with Crippen LogP contribution in [-0.4, -0.2) is 13.7 Å². The minimum Gasteiger partial charge on any atom is -0.494 e. The van der Waals surface area contributed by atoms with Gasteiger partial charge in [0.05, 0.1) is 12.6 Å². The summed E-state index contributed by atoms with van der Waals surface area (Å²) in [5, 5.41) is 4.15. The molecule has 0 saturated carbocycles. The van der Waals surface area contributed by atoms with Gasteiger partial charge in [0, 0.05) is 9.50 Å². The van der Waals surface area contributed by atoms with Crippen molar-refractivity contribution in [3.63, 3.8) is 0 Å². The molecular formula is C17H19BrClNO. The topological polar surface area (TPSA) is 21.3 Å². The summed E-state index contributed by atoms with van der Waals surface area (Å²) in [6.45, 7) is 4.66. The predicted octanol–water partition coefficient (Wildman–Crippen LogP) is 5.12. The van der Waals surface area contributed by atoms with E-state index in [1.165, 1.54) is 11.1 Å². The number of nitrogens with one attached hydrogen (secondary N) is 1. The van der Waals surface area contributed by atoms with Gasteiger partial charge in [-0.3, -0.25) is 0 Å². The molecule has 0 saturated heterocycles. The SMILES string of the molecule is CCOc1ccc(C(NC)c2ccc(Cl)c(C)c2)c(Br)c1. The van der Waals surface area contributed by atoms with Gasteiger partial charge in [0.15, 0.2) is 0 Å². The Labute approximate surface area is 139 Å². The van der Waals surface area contributed by atoms with E-state index in [9.17, 15) is 0 Å². The third kappa shape index (κ3) is 3.79. The lowest BCUT2D eigenvalue weighted by Crippen LogP contribution is -2.18. The Kier molecular flexibility index (Phi) is 5.68. The zero-order chi connectivity index (χ0) is 15.4. The first-order valence-corrected chi connectivity index (χ1v) is 8.09. The summed E-state index contributed by atoms with van der Waals surface area (Å²) >= 11 is 9.76. The molecule has 0 aliphatic carbocycles. The second-order valence-electron chi connectivity index (χ2n) is 4.85. The van der Waals surface area contributed by atoms with Crippen LogP contribution in [0.1, 0.15) is 29.7 Å². The molecule has 0 bridgehead atoms. The summed E-state index contributed by atoms with van der Waals surface area (Å²) in [6, 6.07) is 12.3. The molecule has 2 rings (SSSR count). The van der Waals surface area contributed by atoms with Crippen molar-refractivity contribution in [1.29, 1.82) is 0 Å². The average molecular weight is 369 g/mol. The van der Waals surface area contributed by atoms with E-state index in [1.54, 1.807) is 0 Å². The third-order valence-electron chi connectivity index (χ3n) is 3.40. The van der Waals surface area contributed by atoms with Crippen LogP contribution in [0.15, 0.2) is 40.9 Å². The Balaban J connectivity index is 2.38. The lowest BCUT2D eigenvalue weighted by Gasteiger charge is -2.20. The highest BCUT2D eigenvalue weighted by Gasteiger charge is 2.16. The fourth-order valence-corrected chi connectivity index (χ4v) is 3.05. The summed E-state index contributed by atoms with van der Waals surface area (Å²) in [7, 11) is 1.96. The molecule has 1 atom stereocenters. The molecule has 0 aromatic heterocycles. The summed E-state index contributed by atoms with van der Waals surface area (Å²) in [5.74, 6) is 0.871. The van der Waals surface area contributed by atoms with E-state index < -0.39 is 0 Å². The van der Waals surface area contributed by atoms with Crippen LogP contribution >= 0.6 is 27.5 Å². The number of ether oxygens (including phenoxy) is 1. The van der Waals surface area contributed by atoms with E-state index in [4.69, 9.17) is 16.3 Å². The normalized spacial score (nSPS) is 12.2. The fraction of sp³-hybridized carbons (Fsp3) is 0.294. The van der Waals surface area contributed by atoms with Crippen LogP contribution < -0.4 is 10.1 Å². The van der Waals surface area contributed by atoms with Crippen molar-refractivity contribution in [3.05, 3.63) is 62.6 Å². The Morgan fingerprint density at radius 2 is 2.00 bits per heavy atom. The van der Waals surface area contributed by atoms with Crippen molar-refractivity contribution in [2.24, 2.45) is 0 Å². The monoisotopic (exact) mass is 367 g/mol. The zero-order valence-corrected chi connectivity index (χ0v) is 14.8. The van der Waals surface area contributed by atoms with Crippen molar-refractivity contribution in [2.45, 2.75) is 19.9 Å². The average Bonchev–Trinajstić information content (AvgIpc) is 2.46. The summed E-state index contributed by atoms with van der Waals surface area (Å²) in [4.78, 5) is 0. The lowest BCUT2D eigenvalue weighted by atomic mass is 9.97. The zero-order valence-electron chi connectivity index (χ0n) is 12.4. The van der Waals surface area contributed by atoms with E-state index in [0.717, 1.165) is 20.8 Å². The largest absolute Gasteiger partial charge is 0.494 e. The molecule has 0 heterocycles. The van der Waals surface area contributed by atoms with Gasteiger partial charge in [-0.2, -0.15) is 0 Å². The maximum Gasteiger partial charge on any atom is 0.120 e. The van der Waals surface area contributed by atoms with E-state index in [1.807, 2.05) is 39.1 Å². The standard InChI is InChI=1S/C17H19BrClNO/c1-4-21-13-6-7-14(15(18)10-13)17(20-3)12-5-8-16(19)11(2)9-12/h5-10,17,20H,4H2,1-3H3. The van der Waals surface area contributed by atoms with Crippen molar-refractivity contribution >= 4 is 27.5 Å². The van der Waals surface area contributed by atoms with Gasteiger partial charge in [-0.1, -0.05) is 45.7 Å². The summed E-state index contributed by atoms with van der Waals surface area (Å²) in [6.07, 6.45) is 0. The molecule has 112 valence electrons. The minimum absolute atomic E-state index is 0.103. The second kappa shape index (κ2) is 7.30. The van der Waals surface area contributed by atoms with Crippen molar-refractivity contribution in [1.82, 2.24) is 5.32 Å². The number of rotatable bonds is 5. The van der Waals surface area contributed by atoms with Crippen LogP contribution in [0.2, 0.25) is 5.02 Å². The fourth-order valence-electron chi connectivity index (χ4n) is 2.35. The molecule has 0 spiro atoms. The molecule has 1 unspecified atom stereocenters. The second-order valence-corrected chi connectivity index (χ2v) is 6.11. The Bertz CT molecular complexity index is 630. The lowest BCUT2D eigenvalue weighted by molar-refractivity contribution is 0.340. The van der Waals surface area contributed by atoms with Crippen LogP contribution in [0.4, 0.5) is 0 Å². The van der Waals surface area contributed by atoms with E-state index >= 15 is 0 Å². The van der Waals surface area contributed by atoms with Gasteiger partial charge in [0.2, 0.25) is 0 Å². The van der Waals surface area contributed by atoms with Crippen molar-refractivity contribution in [3.8, 4) is 5.75 Å². The maximum atomic E-state index is 6.12. The predicted molar refractivity (Wildman–Crippen MR) is 92.4 cm³/mol. The number of benzene rings is 2. The van der Waals surface area contributed by atoms with Gasteiger partial charge in [0.25, 0.3) is 0 Å². The van der Waals surface area contributed by atoms with Crippen LogP contribution in [0, 0.1) is 6.92 Å². The molecule has 2 aromatic carbocycles. The number of halogens is 2. The van der Waals surface area contributed by atoms with Crippen LogP contribution in [0.25, 0.3) is 0 Å². The quantitative estimate of drug-likeness (QED) is 0.791. The smallest absolute Gasteiger partial charge is 0.120 e. The molecule has 21 heavy (non-hydrogen) atoms. The highest BCUT2D eigenvalue weighted by Crippen LogP contribution is 2.32. The molecule has 0 amide bonds. The van der Waals surface area contributed by atoms with Gasteiger partial charge >= 0.3 is 0 Å². The molecule has 2 aromatic rings. The number of aryl methyl sites for hydroxylation is 1. The van der Waals surface area contributed by atoms with Gasteiger partial charge in [-0.05, 0) is 55.8 Å². The number of hydrogen-bond acceptors (Lipinski definition) is 2. The molecular weight excluding hydrogens is 350 g/mol. The summed E-state index contributed by atoms with van der Waals surface area (Å²) < 4.78 is 6.56. The van der Waals surface area contributed by atoms with Crippen LogP contribution in [-0.2, 0) is 0 Å². The first-order valence-electron chi connectivity index (χ1n) is 6.92. The molecule has 0 aliphatic heterocycles. The number of hydrogen-bond donors (Lipinski definition) is 1. The Morgan fingerprint density at radius 1 is 1.24 bits per heavy atom. The van der Waals surface area contributed by atoms with Gasteiger partial charge in [0.1, 0.15) is 5.75 Å². The first-order chi connectivity index (χ1) is 10.1. The Hall–Kier alpha value is -1.03. The van der Waals surface area contributed by atoms with E-state index in [0.29, 0.717) is 6.61 Å². The molecule has 0 radical (unpaired) electrons. The van der Waals surface area contributed by atoms with Gasteiger partial charge in [-0.25, -0.2) is 0 Å². The molecule has 0 aliphatic rings. The van der Waals surface area contributed by atoms with Crippen molar-refractivity contribution in [2.75, 3.05) is 13.7 Å². The highest BCUT2D eigenvalue weighted by molar-refractivity contribution is 9.10. The summed E-state index contributed by atoms with van der Waals surface area (Å²) in [5.41, 5.74) is 3.43. The molecule has 1 N–H and O–H groups in total. The molecule has 2 nitrogen and oxygen atoms in total. The molecule has 4 heteroatoms. The van der Waals surface area contributed by atoms with E-state index in [-0.39, 0.29) is 6.04 Å². The Morgan fingerprint density at radius 3 is 2.57 bits per heavy atom. The highest BCUT2D eigenvalue weighted by atomic mass is 79.9.